The van der Waals surface area contributed by atoms with Gasteiger partial charge in [0, 0.05) is 45.8 Å². The Hall–Kier alpha value is -1.56. The van der Waals surface area contributed by atoms with Crippen molar-refractivity contribution in [1.29, 1.82) is 0 Å². The van der Waals surface area contributed by atoms with E-state index in [9.17, 15) is 4.79 Å². The molecular formula is C15H24N4O2. The number of urea groups is 1. The SMILES string of the molecule is COCC1CN(C(=O)N(C)C)Cc2c1cnn2CC1CC1. The van der Waals surface area contributed by atoms with Crippen LogP contribution in [0.3, 0.4) is 0 Å². The summed E-state index contributed by atoms with van der Waals surface area (Å²) in [5, 5.41) is 4.56. The molecule has 6 nitrogen and oxygen atoms in total. The van der Waals surface area contributed by atoms with E-state index in [1.54, 1.807) is 26.1 Å². The molecule has 1 aromatic rings. The summed E-state index contributed by atoms with van der Waals surface area (Å²) in [7, 11) is 5.30. The van der Waals surface area contributed by atoms with Crippen LogP contribution >= 0.6 is 0 Å². The highest BCUT2D eigenvalue weighted by molar-refractivity contribution is 5.74. The lowest BCUT2D eigenvalue weighted by atomic mass is 9.95. The molecule has 0 N–H and O–H groups in total. The molecule has 0 radical (unpaired) electrons. The van der Waals surface area contributed by atoms with Crippen LogP contribution in [0.5, 0.6) is 0 Å². The molecule has 2 aliphatic rings. The zero-order chi connectivity index (χ0) is 15.0. The van der Waals surface area contributed by atoms with E-state index in [2.05, 4.69) is 9.78 Å². The van der Waals surface area contributed by atoms with Crippen LogP contribution < -0.4 is 0 Å². The van der Waals surface area contributed by atoms with Crippen molar-refractivity contribution in [3.05, 3.63) is 17.5 Å². The fraction of sp³-hybridized carbons (Fsp3) is 0.733. The van der Waals surface area contributed by atoms with E-state index in [0.717, 1.165) is 12.5 Å². The van der Waals surface area contributed by atoms with Crippen LogP contribution in [-0.4, -0.2) is 60.0 Å². The molecule has 2 heterocycles. The zero-order valence-electron chi connectivity index (χ0n) is 13.1. The lowest BCUT2D eigenvalue weighted by molar-refractivity contribution is 0.129. The van der Waals surface area contributed by atoms with Gasteiger partial charge in [0.25, 0.3) is 0 Å². The fourth-order valence-corrected chi connectivity index (χ4v) is 3.02. The third-order valence-electron chi connectivity index (χ3n) is 4.35. The molecule has 0 saturated heterocycles. The average molecular weight is 292 g/mol. The Labute approximate surface area is 125 Å². The highest BCUT2D eigenvalue weighted by Crippen LogP contribution is 2.34. The molecular weight excluding hydrogens is 268 g/mol. The van der Waals surface area contributed by atoms with Crippen molar-refractivity contribution in [2.45, 2.75) is 31.8 Å². The first kappa shape index (κ1) is 14.4. The van der Waals surface area contributed by atoms with Crippen LogP contribution in [0.15, 0.2) is 6.20 Å². The Balaban J connectivity index is 1.85. The number of methoxy groups -OCH3 is 1. The quantitative estimate of drug-likeness (QED) is 0.845. The molecule has 1 fully saturated rings. The summed E-state index contributed by atoms with van der Waals surface area (Å²) < 4.78 is 7.44. The van der Waals surface area contributed by atoms with Crippen LogP contribution in [0.1, 0.15) is 30.0 Å². The standard InChI is InChI=1S/C15H24N4O2/c1-17(2)15(20)18-8-12(10-21-3)13-6-16-19(14(13)9-18)7-11-4-5-11/h6,11-12H,4-5,7-10H2,1-3H3. The van der Waals surface area contributed by atoms with Crippen molar-refractivity contribution in [3.63, 3.8) is 0 Å². The van der Waals surface area contributed by atoms with E-state index < -0.39 is 0 Å². The molecule has 0 spiro atoms. The lowest BCUT2D eigenvalue weighted by Gasteiger charge is -2.34. The summed E-state index contributed by atoms with van der Waals surface area (Å²) in [5.74, 6) is 0.991. The van der Waals surface area contributed by atoms with Gasteiger partial charge in [-0.1, -0.05) is 0 Å². The van der Waals surface area contributed by atoms with Crippen LogP contribution in [0, 0.1) is 5.92 Å². The van der Waals surface area contributed by atoms with Crippen LogP contribution in [0.25, 0.3) is 0 Å². The van der Waals surface area contributed by atoms with Crippen LogP contribution in [0.4, 0.5) is 4.79 Å². The topological polar surface area (TPSA) is 50.6 Å². The molecule has 0 aromatic carbocycles. The average Bonchev–Trinajstić information content (AvgIpc) is 3.18. The third kappa shape index (κ3) is 2.90. The maximum absolute atomic E-state index is 12.3. The summed E-state index contributed by atoms with van der Waals surface area (Å²) in [4.78, 5) is 15.8. The number of nitrogens with zero attached hydrogens (tertiary/aromatic N) is 4. The Bertz CT molecular complexity index is 522. The summed E-state index contributed by atoms with van der Waals surface area (Å²) in [6, 6.07) is 0.0564. The van der Waals surface area contributed by atoms with Gasteiger partial charge in [-0.3, -0.25) is 4.68 Å². The van der Waals surface area contributed by atoms with Crippen molar-refractivity contribution < 1.29 is 9.53 Å². The Morgan fingerprint density at radius 1 is 1.48 bits per heavy atom. The smallest absolute Gasteiger partial charge is 0.319 e. The fourth-order valence-electron chi connectivity index (χ4n) is 3.02. The van der Waals surface area contributed by atoms with Gasteiger partial charge >= 0.3 is 6.03 Å². The van der Waals surface area contributed by atoms with E-state index in [4.69, 9.17) is 4.74 Å². The first-order valence-corrected chi connectivity index (χ1v) is 7.60. The van der Waals surface area contributed by atoms with Gasteiger partial charge in [-0.25, -0.2) is 4.79 Å². The molecule has 1 unspecified atom stereocenters. The number of hydrogen-bond donors (Lipinski definition) is 0. The van der Waals surface area contributed by atoms with Crippen LogP contribution in [-0.2, 0) is 17.8 Å². The van der Waals surface area contributed by atoms with Gasteiger partial charge in [0.1, 0.15) is 0 Å². The van der Waals surface area contributed by atoms with Gasteiger partial charge < -0.3 is 14.5 Å². The van der Waals surface area contributed by atoms with Gasteiger partial charge in [0.15, 0.2) is 0 Å². The number of hydrogen-bond acceptors (Lipinski definition) is 3. The van der Waals surface area contributed by atoms with Gasteiger partial charge in [-0.15, -0.1) is 0 Å². The Morgan fingerprint density at radius 3 is 2.86 bits per heavy atom. The molecule has 1 aromatic heterocycles. The largest absolute Gasteiger partial charge is 0.384 e. The number of amides is 2. The predicted octanol–water partition coefficient (Wildman–Crippen LogP) is 1.52. The molecule has 6 heteroatoms. The molecule has 1 aliphatic heterocycles. The lowest BCUT2D eigenvalue weighted by Crippen LogP contribution is -2.44. The molecule has 3 rings (SSSR count). The molecule has 116 valence electrons. The maximum atomic E-state index is 12.3. The van der Waals surface area contributed by atoms with Crippen LogP contribution in [0.2, 0.25) is 0 Å². The number of rotatable bonds is 4. The molecule has 1 saturated carbocycles. The highest BCUT2D eigenvalue weighted by Gasteiger charge is 2.33. The molecule has 2 amide bonds. The van der Waals surface area contributed by atoms with E-state index in [1.807, 2.05) is 11.1 Å². The van der Waals surface area contributed by atoms with Crippen molar-refractivity contribution in [2.24, 2.45) is 5.92 Å². The first-order chi connectivity index (χ1) is 10.1. The second kappa shape index (κ2) is 5.67. The first-order valence-electron chi connectivity index (χ1n) is 7.60. The molecule has 1 atom stereocenters. The van der Waals surface area contributed by atoms with Crippen molar-refractivity contribution >= 4 is 6.03 Å². The van der Waals surface area contributed by atoms with Crippen molar-refractivity contribution in [3.8, 4) is 0 Å². The Morgan fingerprint density at radius 2 is 2.24 bits per heavy atom. The minimum absolute atomic E-state index is 0.0564. The molecule has 21 heavy (non-hydrogen) atoms. The predicted molar refractivity (Wildman–Crippen MR) is 79.1 cm³/mol. The van der Waals surface area contributed by atoms with E-state index >= 15 is 0 Å². The minimum Gasteiger partial charge on any atom is -0.384 e. The molecule has 0 bridgehead atoms. The summed E-state index contributed by atoms with van der Waals surface area (Å²) in [5.41, 5.74) is 2.44. The second-order valence-electron chi connectivity index (χ2n) is 6.38. The van der Waals surface area contributed by atoms with E-state index in [-0.39, 0.29) is 11.9 Å². The summed E-state index contributed by atoms with van der Waals surface area (Å²) in [6.07, 6.45) is 4.58. The van der Waals surface area contributed by atoms with Gasteiger partial charge in [-0.2, -0.15) is 5.10 Å². The molecule has 1 aliphatic carbocycles. The summed E-state index contributed by atoms with van der Waals surface area (Å²) in [6.45, 7) is 2.96. The number of carbonyl (C=O) groups is 1. The normalized spacial score (nSPS) is 21.3. The van der Waals surface area contributed by atoms with Gasteiger partial charge in [0.05, 0.1) is 25.0 Å². The van der Waals surface area contributed by atoms with Gasteiger partial charge in [0.2, 0.25) is 0 Å². The highest BCUT2D eigenvalue weighted by atomic mass is 16.5. The van der Waals surface area contributed by atoms with Crippen molar-refractivity contribution in [2.75, 3.05) is 34.4 Å². The van der Waals surface area contributed by atoms with E-state index in [1.165, 1.54) is 24.1 Å². The number of carbonyl (C=O) groups excluding carboxylic acids is 1. The summed E-state index contributed by atoms with van der Waals surface area (Å²) >= 11 is 0. The minimum atomic E-state index is 0.0564. The van der Waals surface area contributed by atoms with E-state index in [0.29, 0.717) is 19.7 Å². The third-order valence-corrected chi connectivity index (χ3v) is 4.35. The van der Waals surface area contributed by atoms with Crippen molar-refractivity contribution in [1.82, 2.24) is 19.6 Å². The maximum Gasteiger partial charge on any atom is 0.319 e. The number of aromatic nitrogens is 2. The van der Waals surface area contributed by atoms with Gasteiger partial charge in [-0.05, 0) is 18.8 Å². The number of fused-ring (bicyclic) bond motifs is 1. The monoisotopic (exact) mass is 292 g/mol. The number of ether oxygens (including phenoxy) is 1. The Kier molecular flexibility index (Phi) is 3.89. The second-order valence-corrected chi connectivity index (χ2v) is 6.38. The zero-order valence-corrected chi connectivity index (χ0v) is 13.1.